The Kier molecular flexibility index (Phi) is 2.77. The van der Waals surface area contributed by atoms with Crippen LogP contribution in [0.15, 0.2) is 85.5 Å². The summed E-state index contributed by atoms with van der Waals surface area (Å²) in [5.74, 6) is 0. The fourth-order valence-corrected chi connectivity index (χ4v) is 3.95. The number of benzene rings is 4. The summed E-state index contributed by atoms with van der Waals surface area (Å²) in [6, 6.07) is 26.3. The first-order valence-electron chi connectivity index (χ1n) is 8.31. The van der Waals surface area contributed by atoms with Crippen molar-refractivity contribution in [3.05, 3.63) is 85.5 Å². The smallest absolute Gasteiger partial charge is 0.0501 e. The molecule has 0 aliphatic heterocycles. The van der Waals surface area contributed by atoms with Crippen molar-refractivity contribution in [3.8, 4) is 0 Å². The van der Waals surface area contributed by atoms with Gasteiger partial charge in [-0.05, 0) is 33.7 Å². The third kappa shape index (κ3) is 1.70. The van der Waals surface area contributed by atoms with Crippen LogP contribution in [0, 0.1) is 0 Å². The highest BCUT2D eigenvalue weighted by molar-refractivity contribution is 6.27. The van der Waals surface area contributed by atoms with Gasteiger partial charge >= 0.3 is 0 Å². The summed E-state index contributed by atoms with van der Waals surface area (Å²) in [5, 5.41) is 7.91. The van der Waals surface area contributed by atoms with Crippen molar-refractivity contribution in [3.63, 3.8) is 0 Å². The van der Waals surface area contributed by atoms with Crippen LogP contribution in [-0.4, -0.2) is 4.57 Å². The van der Waals surface area contributed by atoms with E-state index < -0.39 is 0 Å². The highest BCUT2D eigenvalue weighted by Crippen LogP contribution is 2.38. The molecule has 0 unspecified atom stereocenters. The summed E-state index contributed by atoms with van der Waals surface area (Å²) in [4.78, 5) is 0. The van der Waals surface area contributed by atoms with E-state index in [9.17, 15) is 0 Å². The Labute approximate surface area is 140 Å². The Balaban J connectivity index is 2.15. The van der Waals surface area contributed by atoms with E-state index in [-0.39, 0.29) is 0 Å². The SMILES string of the molecule is C=CCn1c2ccc3ccccc3c2c2c3ccccc3ccc21. The maximum Gasteiger partial charge on any atom is 0.0501 e. The molecule has 0 saturated carbocycles. The number of nitrogens with zero attached hydrogens (tertiary/aromatic N) is 1. The van der Waals surface area contributed by atoms with Gasteiger partial charge in [0.25, 0.3) is 0 Å². The molecule has 0 bridgehead atoms. The third-order valence-electron chi connectivity index (χ3n) is 4.96. The molecule has 1 nitrogen and oxygen atoms in total. The zero-order valence-corrected chi connectivity index (χ0v) is 13.4. The van der Waals surface area contributed by atoms with Crippen LogP contribution in [0.3, 0.4) is 0 Å². The number of aromatic nitrogens is 1. The topological polar surface area (TPSA) is 4.93 Å². The van der Waals surface area contributed by atoms with Crippen molar-refractivity contribution < 1.29 is 0 Å². The molecule has 1 heterocycles. The minimum atomic E-state index is 0.816. The van der Waals surface area contributed by atoms with Crippen LogP contribution in [0.1, 0.15) is 0 Å². The average Bonchev–Trinajstić information content (AvgIpc) is 2.97. The van der Waals surface area contributed by atoms with Crippen molar-refractivity contribution in [1.29, 1.82) is 0 Å². The van der Waals surface area contributed by atoms with Crippen LogP contribution in [0.4, 0.5) is 0 Å². The van der Waals surface area contributed by atoms with E-state index in [1.165, 1.54) is 43.4 Å². The van der Waals surface area contributed by atoms with E-state index in [2.05, 4.69) is 83.9 Å². The van der Waals surface area contributed by atoms with E-state index >= 15 is 0 Å². The van der Waals surface area contributed by atoms with E-state index in [0.29, 0.717) is 0 Å². The molecule has 0 aliphatic carbocycles. The number of hydrogen-bond donors (Lipinski definition) is 0. The lowest BCUT2D eigenvalue weighted by Gasteiger charge is -2.04. The molecule has 0 atom stereocenters. The Morgan fingerprint density at radius 3 is 1.67 bits per heavy atom. The van der Waals surface area contributed by atoms with Crippen molar-refractivity contribution in [1.82, 2.24) is 4.57 Å². The van der Waals surface area contributed by atoms with Gasteiger partial charge in [-0.2, -0.15) is 0 Å². The first kappa shape index (κ1) is 13.4. The average molecular weight is 307 g/mol. The molecule has 1 aromatic heterocycles. The highest BCUT2D eigenvalue weighted by atomic mass is 15.0. The predicted molar refractivity (Wildman–Crippen MR) is 105 cm³/mol. The van der Waals surface area contributed by atoms with Gasteiger partial charge in [-0.15, -0.1) is 6.58 Å². The van der Waals surface area contributed by atoms with E-state index in [1.54, 1.807) is 0 Å². The number of rotatable bonds is 2. The van der Waals surface area contributed by atoms with Gasteiger partial charge < -0.3 is 4.57 Å². The summed E-state index contributed by atoms with van der Waals surface area (Å²) < 4.78 is 2.37. The molecule has 0 amide bonds. The van der Waals surface area contributed by atoms with Gasteiger partial charge in [0, 0.05) is 17.3 Å². The molecule has 5 aromatic rings. The monoisotopic (exact) mass is 307 g/mol. The zero-order chi connectivity index (χ0) is 16.1. The Hall–Kier alpha value is -3.06. The minimum Gasteiger partial charge on any atom is -0.337 e. The first-order valence-corrected chi connectivity index (χ1v) is 8.31. The summed E-state index contributed by atoms with van der Waals surface area (Å²) in [6.07, 6.45) is 1.98. The molecule has 0 saturated heterocycles. The zero-order valence-electron chi connectivity index (χ0n) is 13.4. The van der Waals surface area contributed by atoms with Crippen molar-refractivity contribution in [2.75, 3.05) is 0 Å². The van der Waals surface area contributed by atoms with Crippen molar-refractivity contribution >= 4 is 43.4 Å². The van der Waals surface area contributed by atoms with Crippen LogP contribution in [0.25, 0.3) is 43.4 Å². The second kappa shape index (κ2) is 4.97. The van der Waals surface area contributed by atoms with Gasteiger partial charge in [0.15, 0.2) is 0 Å². The fraction of sp³-hybridized carbons (Fsp3) is 0.0435. The van der Waals surface area contributed by atoms with Gasteiger partial charge in [-0.3, -0.25) is 0 Å². The highest BCUT2D eigenvalue weighted by Gasteiger charge is 2.14. The lowest BCUT2D eigenvalue weighted by molar-refractivity contribution is 0.902. The Morgan fingerprint density at radius 1 is 0.667 bits per heavy atom. The fourth-order valence-electron chi connectivity index (χ4n) is 3.95. The molecule has 0 spiro atoms. The molecule has 0 radical (unpaired) electrons. The molecule has 0 aliphatic rings. The van der Waals surface area contributed by atoms with Crippen molar-refractivity contribution in [2.24, 2.45) is 0 Å². The largest absolute Gasteiger partial charge is 0.337 e. The summed E-state index contributed by atoms with van der Waals surface area (Å²) in [7, 11) is 0. The minimum absolute atomic E-state index is 0.816. The molecule has 5 rings (SSSR count). The molecule has 114 valence electrons. The number of hydrogen-bond acceptors (Lipinski definition) is 0. The maximum atomic E-state index is 3.95. The summed E-state index contributed by atoms with van der Waals surface area (Å²) in [6.45, 7) is 4.77. The third-order valence-corrected chi connectivity index (χ3v) is 4.96. The lowest BCUT2D eigenvalue weighted by Crippen LogP contribution is -1.93. The molecule has 24 heavy (non-hydrogen) atoms. The van der Waals surface area contributed by atoms with Crippen molar-refractivity contribution in [2.45, 2.75) is 6.54 Å². The Bertz CT molecular complexity index is 1150. The second-order valence-corrected chi connectivity index (χ2v) is 6.26. The lowest BCUT2D eigenvalue weighted by atomic mass is 10.00. The quantitative estimate of drug-likeness (QED) is 0.338. The molecule has 0 N–H and O–H groups in total. The molecule has 1 heteroatoms. The summed E-state index contributed by atoms with van der Waals surface area (Å²) >= 11 is 0. The second-order valence-electron chi connectivity index (χ2n) is 6.26. The van der Waals surface area contributed by atoms with Crippen LogP contribution in [0.2, 0.25) is 0 Å². The van der Waals surface area contributed by atoms with Crippen LogP contribution >= 0.6 is 0 Å². The molecular weight excluding hydrogens is 290 g/mol. The van der Waals surface area contributed by atoms with Crippen LogP contribution in [0.5, 0.6) is 0 Å². The maximum absolute atomic E-state index is 3.95. The van der Waals surface area contributed by atoms with E-state index in [4.69, 9.17) is 0 Å². The molecular formula is C23H17N. The van der Waals surface area contributed by atoms with Gasteiger partial charge in [0.1, 0.15) is 0 Å². The van der Waals surface area contributed by atoms with E-state index in [0.717, 1.165) is 6.54 Å². The van der Waals surface area contributed by atoms with Crippen LogP contribution in [-0.2, 0) is 6.54 Å². The summed E-state index contributed by atoms with van der Waals surface area (Å²) in [5.41, 5.74) is 2.56. The standard InChI is InChI=1S/C23H17N/c1-2-15-24-20-13-11-16-7-3-5-9-18(16)22(20)23-19-10-6-4-8-17(19)12-14-21(23)24/h2-14H,1,15H2. The van der Waals surface area contributed by atoms with Gasteiger partial charge in [0.2, 0.25) is 0 Å². The number of allylic oxidation sites excluding steroid dienone is 1. The normalized spacial score (nSPS) is 11.7. The predicted octanol–water partition coefficient (Wildman–Crippen LogP) is 6.29. The van der Waals surface area contributed by atoms with Crippen LogP contribution < -0.4 is 0 Å². The van der Waals surface area contributed by atoms with Gasteiger partial charge in [-0.25, -0.2) is 0 Å². The first-order chi connectivity index (χ1) is 11.9. The van der Waals surface area contributed by atoms with E-state index in [1.807, 2.05) is 6.08 Å². The number of fused-ring (bicyclic) bond motifs is 7. The van der Waals surface area contributed by atoms with Gasteiger partial charge in [-0.1, -0.05) is 66.7 Å². The molecule has 0 fully saturated rings. The Morgan fingerprint density at radius 2 is 1.17 bits per heavy atom. The van der Waals surface area contributed by atoms with Gasteiger partial charge in [0.05, 0.1) is 11.0 Å². The molecule has 4 aromatic carbocycles.